The minimum Gasteiger partial charge on any atom is -0.480 e. The maximum Gasteiger partial charge on any atom is 0.326 e. The molecule has 0 spiro atoms. The Hall–Kier alpha value is -3.19. The van der Waals surface area contributed by atoms with Crippen molar-refractivity contribution in [1.29, 1.82) is 0 Å². The van der Waals surface area contributed by atoms with Crippen LogP contribution >= 0.6 is 11.6 Å². The molecule has 0 saturated carbocycles. The second-order valence-electron chi connectivity index (χ2n) is 6.30. The number of hydrogen-bond acceptors (Lipinski definition) is 4. The number of benzene rings is 1. The molecule has 0 aliphatic carbocycles. The van der Waals surface area contributed by atoms with Crippen LogP contribution < -0.4 is 5.56 Å². The lowest BCUT2D eigenvalue weighted by atomic mass is 10.1. The summed E-state index contributed by atoms with van der Waals surface area (Å²) in [6.07, 6.45) is 2.94. The predicted molar refractivity (Wildman–Crippen MR) is 102 cm³/mol. The van der Waals surface area contributed by atoms with Crippen LogP contribution in [0.1, 0.15) is 18.7 Å². The van der Waals surface area contributed by atoms with E-state index in [-0.39, 0.29) is 0 Å². The van der Waals surface area contributed by atoms with E-state index < -0.39 is 17.6 Å². The first-order valence-corrected chi connectivity index (χ1v) is 8.64. The van der Waals surface area contributed by atoms with Crippen molar-refractivity contribution < 1.29 is 9.90 Å². The molecule has 0 aliphatic rings. The monoisotopic (exact) mass is 382 g/mol. The molecule has 4 aromatic rings. The van der Waals surface area contributed by atoms with Crippen LogP contribution in [-0.4, -0.2) is 30.2 Å². The van der Waals surface area contributed by atoms with Crippen LogP contribution in [0.4, 0.5) is 0 Å². The first kappa shape index (κ1) is 17.2. The smallest absolute Gasteiger partial charge is 0.326 e. The summed E-state index contributed by atoms with van der Waals surface area (Å²) in [6.45, 7) is 3.33. The summed E-state index contributed by atoms with van der Waals surface area (Å²) in [5.74, 6) is -1.08. The summed E-state index contributed by atoms with van der Waals surface area (Å²) in [4.78, 5) is 28.4. The Kier molecular flexibility index (Phi) is 3.96. The van der Waals surface area contributed by atoms with Gasteiger partial charge in [-0.1, -0.05) is 23.7 Å². The van der Waals surface area contributed by atoms with Crippen molar-refractivity contribution in [2.45, 2.75) is 19.9 Å². The number of hydrogen-bond donors (Lipinski definition) is 1. The number of carboxylic acids is 1. The highest BCUT2D eigenvalue weighted by Gasteiger charge is 2.19. The van der Waals surface area contributed by atoms with Gasteiger partial charge in [0.05, 0.1) is 16.6 Å². The van der Waals surface area contributed by atoms with Crippen LogP contribution in [0.2, 0.25) is 5.02 Å². The fourth-order valence-electron chi connectivity index (χ4n) is 3.17. The van der Waals surface area contributed by atoms with Crippen LogP contribution in [0.3, 0.4) is 0 Å². The van der Waals surface area contributed by atoms with Gasteiger partial charge in [0.15, 0.2) is 5.65 Å². The van der Waals surface area contributed by atoms with Crippen molar-refractivity contribution in [3.8, 4) is 11.1 Å². The average Bonchev–Trinajstić information content (AvgIpc) is 2.98. The molecule has 0 aliphatic heterocycles. The number of fused-ring (bicyclic) bond motifs is 3. The predicted octanol–water partition coefficient (Wildman–Crippen LogP) is 3.32. The molecule has 0 saturated heterocycles. The van der Waals surface area contributed by atoms with Crippen molar-refractivity contribution in [2.24, 2.45) is 0 Å². The van der Waals surface area contributed by atoms with Crippen molar-refractivity contribution in [3.05, 3.63) is 63.8 Å². The molecule has 0 fully saturated rings. The fraction of sp³-hybridized carbons (Fsp3) is 0.158. The SMILES string of the molecule is Cc1nn2c(ncc3c(=O)n(C(C)C(=O)O)ccc32)c1-c1ccc(Cl)cc1. The van der Waals surface area contributed by atoms with Gasteiger partial charge < -0.3 is 9.67 Å². The van der Waals surface area contributed by atoms with Crippen LogP contribution in [0.15, 0.2) is 47.5 Å². The van der Waals surface area contributed by atoms with Gasteiger partial charge in [-0.05, 0) is 37.6 Å². The Morgan fingerprint density at radius 1 is 1.22 bits per heavy atom. The van der Waals surface area contributed by atoms with Gasteiger partial charge in [0.25, 0.3) is 5.56 Å². The number of aryl methyl sites for hydroxylation is 1. The molecule has 1 aromatic carbocycles. The van der Waals surface area contributed by atoms with Gasteiger partial charge in [0.1, 0.15) is 6.04 Å². The minimum absolute atomic E-state index is 0.309. The number of halogens is 1. The van der Waals surface area contributed by atoms with Crippen LogP contribution in [0.5, 0.6) is 0 Å². The zero-order valence-corrected chi connectivity index (χ0v) is 15.3. The standard InChI is InChI=1S/C19H15ClN4O3/c1-10-16(12-3-5-13(20)6-4-12)17-21-9-14-15(24(17)22-10)7-8-23(18(14)25)11(2)19(26)27/h3-9,11H,1-2H3,(H,26,27). The molecule has 1 unspecified atom stereocenters. The zero-order chi connectivity index (χ0) is 19.3. The normalized spacial score (nSPS) is 12.6. The topological polar surface area (TPSA) is 89.5 Å². The molecule has 3 aromatic heterocycles. The van der Waals surface area contributed by atoms with E-state index in [4.69, 9.17) is 11.6 Å². The summed E-state index contributed by atoms with van der Waals surface area (Å²) in [5, 5.41) is 14.7. The largest absolute Gasteiger partial charge is 0.480 e. The molecular weight excluding hydrogens is 368 g/mol. The molecule has 0 bridgehead atoms. The third-order valence-corrected chi connectivity index (χ3v) is 4.87. The van der Waals surface area contributed by atoms with Crippen molar-refractivity contribution >= 4 is 34.1 Å². The number of pyridine rings is 1. The molecule has 0 amide bonds. The van der Waals surface area contributed by atoms with E-state index in [2.05, 4.69) is 10.1 Å². The van der Waals surface area contributed by atoms with E-state index in [1.165, 1.54) is 23.9 Å². The van der Waals surface area contributed by atoms with E-state index >= 15 is 0 Å². The highest BCUT2D eigenvalue weighted by molar-refractivity contribution is 6.30. The lowest BCUT2D eigenvalue weighted by Gasteiger charge is -2.11. The second kappa shape index (κ2) is 6.21. The molecule has 7 nitrogen and oxygen atoms in total. The molecule has 3 heterocycles. The Labute approximate surface area is 158 Å². The van der Waals surface area contributed by atoms with Crippen LogP contribution in [0.25, 0.3) is 27.7 Å². The van der Waals surface area contributed by atoms with Gasteiger partial charge in [-0.2, -0.15) is 5.10 Å². The Morgan fingerprint density at radius 2 is 1.93 bits per heavy atom. The number of rotatable bonds is 3. The molecule has 136 valence electrons. The van der Waals surface area contributed by atoms with Crippen molar-refractivity contribution in [2.75, 3.05) is 0 Å². The zero-order valence-electron chi connectivity index (χ0n) is 14.5. The van der Waals surface area contributed by atoms with Crippen molar-refractivity contribution in [3.63, 3.8) is 0 Å². The molecule has 0 radical (unpaired) electrons. The summed E-state index contributed by atoms with van der Waals surface area (Å²) in [7, 11) is 0. The van der Waals surface area contributed by atoms with E-state index in [0.29, 0.717) is 21.6 Å². The lowest BCUT2D eigenvalue weighted by Crippen LogP contribution is -2.28. The van der Waals surface area contributed by atoms with E-state index in [1.807, 2.05) is 19.1 Å². The summed E-state index contributed by atoms with van der Waals surface area (Å²) < 4.78 is 2.79. The van der Waals surface area contributed by atoms with E-state index in [1.54, 1.807) is 22.7 Å². The molecule has 27 heavy (non-hydrogen) atoms. The van der Waals surface area contributed by atoms with Gasteiger partial charge >= 0.3 is 5.97 Å². The lowest BCUT2D eigenvalue weighted by molar-refractivity contribution is -0.140. The van der Waals surface area contributed by atoms with Gasteiger partial charge in [-0.15, -0.1) is 0 Å². The maximum atomic E-state index is 12.7. The van der Waals surface area contributed by atoms with Gasteiger partial charge in [-0.25, -0.2) is 14.3 Å². The molecular formula is C19H15ClN4O3. The Morgan fingerprint density at radius 3 is 2.59 bits per heavy atom. The van der Waals surface area contributed by atoms with Crippen LogP contribution in [0, 0.1) is 6.92 Å². The number of nitrogens with zero attached hydrogens (tertiary/aromatic N) is 4. The van der Waals surface area contributed by atoms with E-state index in [9.17, 15) is 14.7 Å². The van der Waals surface area contributed by atoms with E-state index in [0.717, 1.165) is 16.8 Å². The quantitative estimate of drug-likeness (QED) is 0.587. The first-order valence-electron chi connectivity index (χ1n) is 8.26. The molecule has 4 rings (SSSR count). The second-order valence-corrected chi connectivity index (χ2v) is 6.74. The maximum absolute atomic E-state index is 12.7. The molecule has 1 N–H and O–H groups in total. The van der Waals surface area contributed by atoms with Gasteiger partial charge in [-0.3, -0.25) is 4.79 Å². The average molecular weight is 383 g/mol. The summed E-state index contributed by atoms with van der Waals surface area (Å²) in [6, 6.07) is 8.10. The van der Waals surface area contributed by atoms with Crippen LogP contribution in [-0.2, 0) is 4.79 Å². The van der Waals surface area contributed by atoms with Gasteiger partial charge in [0.2, 0.25) is 0 Å². The number of carboxylic acid groups (broad SMARTS) is 1. The first-order chi connectivity index (χ1) is 12.9. The fourth-order valence-corrected chi connectivity index (χ4v) is 3.30. The Bertz CT molecular complexity index is 1260. The minimum atomic E-state index is -1.08. The molecule has 8 heteroatoms. The molecule has 1 atom stereocenters. The number of carbonyl (C=O) groups is 1. The highest BCUT2D eigenvalue weighted by Crippen LogP contribution is 2.29. The Balaban J connectivity index is 1.99. The number of aromatic nitrogens is 4. The summed E-state index contributed by atoms with van der Waals surface area (Å²) >= 11 is 5.97. The third-order valence-electron chi connectivity index (χ3n) is 4.62. The number of aliphatic carboxylic acids is 1. The highest BCUT2D eigenvalue weighted by atomic mass is 35.5. The summed E-state index contributed by atoms with van der Waals surface area (Å²) in [5.41, 5.74) is 3.31. The van der Waals surface area contributed by atoms with Gasteiger partial charge in [0, 0.05) is 23.0 Å². The van der Waals surface area contributed by atoms with Crippen molar-refractivity contribution in [1.82, 2.24) is 19.2 Å². The third kappa shape index (κ3) is 2.67.